The van der Waals surface area contributed by atoms with Gasteiger partial charge in [0.1, 0.15) is 6.04 Å². The molecule has 0 saturated carbocycles. The molecule has 18 heavy (non-hydrogen) atoms. The number of urea groups is 1. The fourth-order valence-electron chi connectivity index (χ4n) is 1.53. The van der Waals surface area contributed by atoms with Crippen molar-refractivity contribution in [2.24, 2.45) is 0 Å². The SMILES string of the molecule is O=C(O)CCC(NC(=O)N1CCSCC1)C(=O)O. The fraction of sp³-hybridized carbons (Fsp3) is 0.700. The van der Waals surface area contributed by atoms with E-state index in [1.54, 1.807) is 16.7 Å². The molecule has 1 aliphatic heterocycles. The van der Waals surface area contributed by atoms with E-state index in [2.05, 4.69) is 5.32 Å². The van der Waals surface area contributed by atoms with Crippen LogP contribution in [0.2, 0.25) is 0 Å². The summed E-state index contributed by atoms with van der Waals surface area (Å²) in [6.07, 6.45) is -0.397. The van der Waals surface area contributed by atoms with E-state index >= 15 is 0 Å². The summed E-state index contributed by atoms with van der Waals surface area (Å²) < 4.78 is 0. The Morgan fingerprint density at radius 1 is 1.22 bits per heavy atom. The molecule has 1 rings (SSSR count). The maximum atomic E-state index is 11.8. The first-order valence-corrected chi connectivity index (χ1v) is 6.74. The van der Waals surface area contributed by atoms with Gasteiger partial charge < -0.3 is 20.4 Å². The van der Waals surface area contributed by atoms with E-state index in [0.29, 0.717) is 13.1 Å². The molecule has 0 bridgehead atoms. The monoisotopic (exact) mass is 276 g/mol. The highest BCUT2D eigenvalue weighted by molar-refractivity contribution is 7.99. The minimum atomic E-state index is -1.21. The number of carboxylic acid groups (broad SMARTS) is 2. The number of amides is 2. The van der Waals surface area contributed by atoms with E-state index in [-0.39, 0.29) is 12.8 Å². The van der Waals surface area contributed by atoms with Gasteiger partial charge in [-0.15, -0.1) is 0 Å². The van der Waals surface area contributed by atoms with Gasteiger partial charge in [0.25, 0.3) is 0 Å². The van der Waals surface area contributed by atoms with Crippen molar-refractivity contribution in [1.82, 2.24) is 10.2 Å². The number of rotatable bonds is 5. The van der Waals surface area contributed by atoms with Gasteiger partial charge in [-0.05, 0) is 6.42 Å². The van der Waals surface area contributed by atoms with Crippen LogP contribution in [0.3, 0.4) is 0 Å². The summed E-state index contributed by atoms with van der Waals surface area (Å²) in [7, 11) is 0. The Morgan fingerprint density at radius 2 is 1.83 bits per heavy atom. The van der Waals surface area contributed by atoms with Gasteiger partial charge in [0.05, 0.1) is 0 Å². The highest BCUT2D eigenvalue weighted by Crippen LogP contribution is 2.09. The lowest BCUT2D eigenvalue weighted by atomic mass is 10.1. The molecule has 1 atom stereocenters. The molecule has 0 aromatic heterocycles. The normalized spacial score (nSPS) is 17.0. The molecule has 2 amide bonds. The molecule has 1 aliphatic rings. The van der Waals surface area contributed by atoms with Crippen molar-refractivity contribution >= 4 is 29.7 Å². The Bertz CT molecular complexity index is 330. The Kier molecular flexibility index (Phi) is 5.76. The van der Waals surface area contributed by atoms with Gasteiger partial charge in [-0.3, -0.25) is 4.79 Å². The van der Waals surface area contributed by atoms with E-state index in [1.807, 2.05) is 0 Å². The number of carbonyl (C=O) groups excluding carboxylic acids is 1. The molecule has 1 fully saturated rings. The zero-order valence-electron chi connectivity index (χ0n) is 9.79. The summed E-state index contributed by atoms with van der Waals surface area (Å²) in [5, 5.41) is 19.8. The number of nitrogens with one attached hydrogen (secondary N) is 1. The third kappa shape index (κ3) is 4.82. The molecule has 3 N–H and O–H groups in total. The molecule has 102 valence electrons. The van der Waals surface area contributed by atoms with E-state index < -0.39 is 24.0 Å². The van der Waals surface area contributed by atoms with Gasteiger partial charge in [-0.1, -0.05) is 0 Å². The van der Waals surface area contributed by atoms with E-state index in [9.17, 15) is 14.4 Å². The predicted octanol–water partition coefficient (Wildman–Crippen LogP) is 0.0628. The molecule has 0 aliphatic carbocycles. The second-order valence-corrected chi connectivity index (χ2v) is 5.10. The molecule has 1 heterocycles. The van der Waals surface area contributed by atoms with Crippen molar-refractivity contribution in [2.45, 2.75) is 18.9 Å². The molecule has 0 radical (unpaired) electrons. The summed E-state index contributed by atoms with van der Waals surface area (Å²) in [4.78, 5) is 34.6. The molecule has 1 unspecified atom stereocenters. The first-order chi connectivity index (χ1) is 8.50. The fourth-order valence-corrected chi connectivity index (χ4v) is 2.44. The number of nitrogens with zero attached hydrogens (tertiary/aromatic N) is 1. The first-order valence-electron chi connectivity index (χ1n) is 5.58. The second-order valence-electron chi connectivity index (χ2n) is 3.87. The number of hydrogen-bond acceptors (Lipinski definition) is 4. The molecule has 8 heteroatoms. The number of hydrogen-bond donors (Lipinski definition) is 3. The minimum absolute atomic E-state index is 0.112. The topological polar surface area (TPSA) is 107 Å². The smallest absolute Gasteiger partial charge is 0.326 e. The number of carbonyl (C=O) groups is 3. The lowest BCUT2D eigenvalue weighted by Crippen LogP contribution is -2.50. The van der Waals surface area contributed by atoms with Crippen molar-refractivity contribution in [3.8, 4) is 0 Å². The van der Waals surface area contributed by atoms with Gasteiger partial charge in [0.2, 0.25) is 0 Å². The maximum absolute atomic E-state index is 11.8. The largest absolute Gasteiger partial charge is 0.481 e. The van der Waals surface area contributed by atoms with Crippen LogP contribution in [0.25, 0.3) is 0 Å². The third-order valence-electron chi connectivity index (χ3n) is 2.54. The van der Waals surface area contributed by atoms with Crippen LogP contribution in [-0.4, -0.2) is 63.7 Å². The standard InChI is InChI=1S/C10H16N2O5S/c13-8(14)2-1-7(9(15)16)11-10(17)12-3-5-18-6-4-12/h7H,1-6H2,(H,11,17)(H,13,14)(H,15,16). The lowest BCUT2D eigenvalue weighted by molar-refractivity contribution is -0.140. The summed E-state index contributed by atoms with van der Waals surface area (Å²) in [6, 6.07) is -1.59. The highest BCUT2D eigenvalue weighted by atomic mass is 32.2. The van der Waals surface area contributed by atoms with Crippen LogP contribution < -0.4 is 5.32 Å². The Morgan fingerprint density at radius 3 is 2.33 bits per heavy atom. The van der Waals surface area contributed by atoms with Gasteiger partial charge in [-0.2, -0.15) is 11.8 Å². The molecule has 1 saturated heterocycles. The van der Waals surface area contributed by atoms with Crippen molar-refractivity contribution in [3.05, 3.63) is 0 Å². The second kappa shape index (κ2) is 7.10. The van der Waals surface area contributed by atoms with Gasteiger partial charge in [-0.25, -0.2) is 9.59 Å². The number of thioether (sulfide) groups is 1. The zero-order chi connectivity index (χ0) is 13.5. The molecule has 0 aromatic carbocycles. The molecule has 7 nitrogen and oxygen atoms in total. The average molecular weight is 276 g/mol. The highest BCUT2D eigenvalue weighted by Gasteiger charge is 2.24. The lowest BCUT2D eigenvalue weighted by Gasteiger charge is -2.28. The first kappa shape index (κ1) is 14.6. The Labute approximate surface area is 109 Å². The number of aliphatic carboxylic acids is 2. The van der Waals surface area contributed by atoms with Crippen LogP contribution >= 0.6 is 11.8 Å². The van der Waals surface area contributed by atoms with E-state index in [1.165, 1.54) is 0 Å². The summed E-state index contributed by atoms with van der Waals surface area (Å²) in [5.41, 5.74) is 0. The Balaban J connectivity index is 2.46. The van der Waals surface area contributed by atoms with Crippen LogP contribution in [0.15, 0.2) is 0 Å². The van der Waals surface area contributed by atoms with E-state index in [4.69, 9.17) is 10.2 Å². The van der Waals surface area contributed by atoms with Crippen LogP contribution in [0.5, 0.6) is 0 Å². The maximum Gasteiger partial charge on any atom is 0.326 e. The van der Waals surface area contributed by atoms with E-state index in [0.717, 1.165) is 11.5 Å². The summed E-state index contributed by atoms with van der Waals surface area (Å²) in [6.45, 7) is 1.17. The molecular weight excluding hydrogens is 260 g/mol. The summed E-state index contributed by atoms with van der Waals surface area (Å²) in [5.74, 6) is -0.624. The third-order valence-corrected chi connectivity index (χ3v) is 3.48. The van der Waals surface area contributed by atoms with Crippen LogP contribution in [0.4, 0.5) is 4.79 Å². The van der Waals surface area contributed by atoms with Gasteiger partial charge in [0.15, 0.2) is 0 Å². The van der Waals surface area contributed by atoms with Crippen molar-refractivity contribution in [3.63, 3.8) is 0 Å². The molecule has 0 aromatic rings. The van der Waals surface area contributed by atoms with Crippen LogP contribution in [-0.2, 0) is 9.59 Å². The van der Waals surface area contributed by atoms with Crippen LogP contribution in [0, 0.1) is 0 Å². The molecular formula is C10H16N2O5S. The van der Waals surface area contributed by atoms with Crippen molar-refractivity contribution < 1.29 is 24.6 Å². The number of carboxylic acids is 2. The molecule has 0 spiro atoms. The van der Waals surface area contributed by atoms with Crippen molar-refractivity contribution in [2.75, 3.05) is 24.6 Å². The zero-order valence-corrected chi connectivity index (χ0v) is 10.6. The van der Waals surface area contributed by atoms with Crippen LogP contribution in [0.1, 0.15) is 12.8 Å². The van der Waals surface area contributed by atoms with Gasteiger partial charge in [0, 0.05) is 31.0 Å². The summed E-state index contributed by atoms with van der Waals surface area (Å²) >= 11 is 1.74. The quantitative estimate of drug-likeness (QED) is 0.655. The van der Waals surface area contributed by atoms with Gasteiger partial charge >= 0.3 is 18.0 Å². The average Bonchev–Trinajstić information content (AvgIpc) is 2.34. The Hall–Kier alpha value is -1.44. The van der Waals surface area contributed by atoms with Crippen molar-refractivity contribution in [1.29, 1.82) is 0 Å². The predicted molar refractivity (Wildman–Crippen MR) is 65.7 cm³/mol. The minimum Gasteiger partial charge on any atom is -0.481 e.